The van der Waals surface area contributed by atoms with Crippen LogP contribution in [0.1, 0.15) is 56.3 Å². The maximum absolute atomic E-state index is 12.9. The van der Waals surface area contributed by atoms with E-state index in [1.54, 1.807) is 6.07 Å². The summed E-state index contributed by atoms with van der Waals surface area (Å²) in [5.41, 5.74) is -0.0458. The minimum Gasteiger partial charge on any atom is -0.467 e. The molecule has 0 aromatic heterocycles. The summed E-state index contributed by atoms with van der Waals surface area (Å²) < 4.78 is 6.37. The number of amides is 2. The van der Waals surface area contributed by atoms with E-state index in [-0.39, 0.29) is 29.6 Å². The highest BCUT2D eigenvalue weighted by Gasteiger charge is 2.57. The van der Waals surface area contributed by atoms with Crippen molar-refractivity contribution in [2.24, 2.45) is 17.8 Å². The zero-order valence-corrected chi connectivity index (χ0v) is 17.6. The monoisotopic (exact) mass is 399 g/mol. The lowest BCUT2D eigenvalue weighted by Gasteiger charge is -2.55. The highest BCUT2D eigenvalue weighted by molar-refractivity contribution is 5.98. The first-order chi connectivity index (χ1) is 14.1. The van der Waals surface area contributed by atoms with Crippen molar-refractivity contribution in [2.75, 3.05) is 26.2 Å². The molecule has 1 heterocycles. The third-order valence-electron chi connectivity index (χ3n) is 7.15. The van der Waals surface area contributed by atoms with E-state index in [9.17, 15) is 9.59 Å². The van der Waals surface area contributed by atoms with E-state index in [0.29, 0.717) is 11.3 Å². The second-order valence-corrected chi connectivity index (χ2v) is 8.69. The van der Waals surface area contributed by atoms with Crippen LogP contribution < -0.4 is 15.4 Å². The van der Waals surface area contributed by atoms with Gasteiger partial charge in [0.1, 0.15) is 5.75 Å². The van der Waals surface area contributed by atoms with Crippen LogP contribution in [0.25, 0.3) is 0 Å². The molecule has 4 aliphatic rings. The number of carbonyl (C=O) groups excluding carboxylic acids is 2. The minimum absolute atomic E-state index is 0.0329. The molecular weight excluding hydrogens is 366 g/mol. The number of carbonyl (C=O) groups is 2. The topological polar surface area (TPSA) is 70.7 Å². The van der Waals surface area contributed by atoms with Crippen molar-refractivity contribution in [3.8, 4) is 5.75 Å². The lowest BCUT2D eigenvalue weighted by atomic mass is 9.60. The van der Waals surface area contributed by atoms with Crippen molar-refractivity contribution < 1.29 is 14.3 Å². The van der Waals surface area contributed by atoms with Crippen LogP contribution in [0.15, 0.2) is 24.3 Å². The summed E-state index contributed by atoms with van der Waals surface area (Å²) in [5.74, 6) is 1.25. The highest BCUT2D eigenvalue weighted by atomic mass is 16.5. The number of para-hydroxylation sites is 1. The second-order valence-electron chi connectivity index (χ2n) is 8.69. The van der Waals surface area contributed by atoms with Crippen LogP contribution in [-0.2, 0) is 4.79 Å². The SMILES string of the molecule is CCN(CC)CCCNC(=O)[C@@H]1C[C@H]2CC[C@H]1C[C@@]21NC(=O)c2ccccc2O1. The summed E-state index contributed by atoms with van der Waals surface area (Å²) in [6.07, 6.45) is 4.52. The number of nitrogens with zero attached hydrogens (tertiary/aromatic N) is 1. The van der Waals surface area contributed by atoms with Gasteiger partial charge in [0.05, 0.1) is 5.56 Å². The fourth-order valence-corrected chi connectivity index (χ4v) is 5.47. The normalized spacial score (nSPS) is 30.0. The van der Waals surface area contributed by atoms with E-state index in [0.717, 1.165) is 58.3 Å². The lowest BCUT2D eigenvalue weighted by molar-refractivity contribution is -0.146. The molecule has 0 unspecified atom stereocenters. The first-order valence-electron chi connectivity index (χ1n) is 11.2. The van der Waals surface area contributed by atoms with E-state index >= 15 is 0 Å². The number of hydrogen-bond acceptors (Lipinski definition) is 4. The van der Waals surface area contributed by atoms with Gasteiger partial charge in [0.25, 0.3) is 5.91 Å². The van der Waals surface area contributed by atoms with Gasteiger partial charge in [-0.3, -0.25) is 9.59 Å². The van der Waals surface area contributed by atoms with Gasteiger partial charge in [0.2, 0.25) is 5.91 Å². The van der Waals surface area contributed by atoms with Gasteiger partial charge in [-0.05, 0) is 63.4 Å². The minimum atomic E-state index is -0.645. The van der Waals surface area contributed by atoms with Crippen LogP contribution in [0.4, 0.5) is 0 Å². The average molecular weight is 400 g/mol. The summed E-state index contributed by atoms with van der Waals surface area (Å²) >= 11 is 0. The Hall–Kier alpha value is -2.08. The van der Waals surface area contributed by atoms with E-state index in [2.05, 4.69) is 29.4 Å². The van der Waals surface area contributed by atoms with Crippen LogP contribution in [0.2, 0.25) is 0 Å². The molecule has 1 spiro atoms. The van der Waals surface area contributed by atoms with Gasteiger partial charge in [-0.15, -0.1) is 0 Å². The maximum atomic E-state index is 12.9. The summed E-state index contributed by atoms with van der Waals surface area (Å²) in [5, 5.41) is 6.32. The average Bonchev–Trinajstić information content (AvgIpc) is 2.74. The molecule has 2 amide bonds. The molecule has 0 saturated heterocycles. The van der Waals surface area contributed by atoms with Crippen molar-refractivity contribution >= 4 is 11.8 Å². The first-order valence-corrected chi connectivity index (χ1v) is 11.2. The summed E-state index contributed by atoms with van der Waals surface area (Å²) in [4.78, 5) is 27.9. The molecule has 5 rings (SSSR count). The second kappa shape index (κ2) is 8.34. The van der Waals surface area contributed by atoms with Crippen LogP contribution in [0.5, 0.6) is 5.75 Å². The number of benzene rings is 1. The summed E-state index contributed by atoms with van der Waals surface area (Å²) in [7, 11) is 0. The van der Waals surface area contributed by atoms with Gasteiger partial charge in [0.15, 0.2) is 5.72 Å². The summed E-state index contributed by atoms with van der Waals surface area (Å²) in [6, 6.07) is 7.43. The van der Waals surface area contributed by atoms with Crippen LogP contribution >= 0.6 is 0 Å². The zero-order chi connectivity index (χ0) is 20.4. The van der Waals surface area contributed by atoms with Gasteiger partial charge in [-0.25, -0.2) is 0 Å². The molecule has 6 nitrogen and oxygen atoms in total. The predicted octanol–water partition coefficient (Wildman–Crippen LogP) is 2.79. The smallest absolute Gasteiger partial charge is 0.258 e. The molecule has 1 aromatic carbocycles. The van der Waals surface area contributed by atoms with E-state index in [1.165, 1.54) is 0 Å². The third kappa shape index (κ3) is 3.87. The van der Waals surface area contributed by atoms with Crippen LogP contribution in [-0.4, -0.2) is 48.6 Å². The molecular formula is C23H33N3O3. The Balaban J connectivity index is 1.36. The van der Waals surface area contributed by atoms with Crippen LogP contribution in [0, 0.1) is 17.8 Å². The molecule has 29 heavy (non-hydrogen) atoms. The van der Waals surface area contributed by atoms with E-state index in [1.807, 2.05) is 18.2 Å². The first kappa shape index (κ1) is 20.2. The van der Waals surface area contributed by atoms with Gasteiger partial charge in [-0.1, -0.05) is 26.0 Å². The van der Waals surface area contributed by atoms with Crippen LogP contribution in [0.3, 0.4) is 0 Å². The Morgan fingerprint density at radius 3 is 2.79 bits per heavy atom. The third-order valence-corrected chi connectivity index (χ3v) is 7.15. The molecule has 3 fully saturated rings. The predicted molar refractivity (Wildman–Crippen MR) is 112 cm³/mol. The maximum Gasteiger partial charge on any atom is 0.258 e. The number of ether oxygens (including phenoxy) is 1. The highest BCUT2D eigenvalue weighted by Crippen LogP contribution is 2.52. The van der Waals surface area contributed by atoms with Gasteiger partial charge < -0.3 is 20.3 Å². The van der Waals surface area contributed by atoms with Crippen molar-refractivity contribution in [1.29, 1.82) is 0 Å². The van der Waals surface area contributed by atoms with Gasteiger partial charge in [-0.2, -0.15) is 0 Å². The van der Waals surface area contributed by atoms with Gasteiger partial charge >= 0.3 is 0 Å². The van der Waals surface area contributed by atoms with Crippen molar-refractivity contribution in [1.82, 2.24) is 15.5 Å². The number of hydrogen-bond donors (Lipinski definition) is 2. The number of rotatable bonds is 7. The Bertz CT molecular complexity index is 763. The van der Waals surface area contributed by atoms with Crippen molar-refractivity contribution in [3.05, 3.63) is 29.8 Å². The Morgan fingerprint density at radius 1 is 1.28 bits per heavy atom. The van der Waals surface area contributed by atoms with Crippen molar-refractivity contribution in [2.45, 2.75) is 51.7 Å². The molecule has 1 aliphatic heterocycles. The Labute approximate surface area is 173 Å². The molecule has 3 saturated carbocycles. The summed E-state index contributed by atoms with van der Waals surface area (Å²) in [6.45, 7) is 8.19. The molecule has 1 aromatic rings. The molecule has 3 aliphatic carbocycles. The molecule has 4 atom stereocenters. The zero-order valence-electron chi connectivity index (χ0n) is 17.6. The molecule has 0 radical (unpaired) electrons. The quantitative estimate of drug-likeness (QED) is 0.692. The number of fused-ring (bicyclic) bond motifs is 3. The standard InChI is InChI=1S/C23H33N3O3/c1-3-26(4-2)13-7-12-24-21(27)19-14-17-11-10-16(19)15-23(17)25-22(28)18-8-5-6-9-20(18)29-23/h5-6,8-9,16-17,19H,3-4,7,10-15H2,1-2H3,(H,24,27)(H,25,28)/t16-,17+,19+,23-/m0/s1. The van der Waals surface area contributed by atoms with Gasteiger partial charge in [0, 0.05) is 24.8 Å². The molecule has 2 bridgehead atoms. The Kier molecular flexibility index (Phi) is 5.81. The molecule has 2 N–H and O–H groups in total. The van der Waals surface area contributed by atoms with E-state index in [4.69, 9.17) is 4.74 Å². The lowest BCUT2D eigenvalue weighted by Crippen LogP contribution is -2.66. The largest absolute Gasteiger partial charge is 0.467 e. The van der Waals surface area contributed by atoms with Crippen molar-refractivity contribution in [3.63, 3.8) is 0 Å². The molecule has 158 valence electrons. The number of nitrogens with one attached hydrogen (secondary N) is 2. The fraction of sp³-hybridized carbons (Fsp3) is 0.652. The fourth-order valence-electron chi connectivity index (χ4n) is 5.47. The molecule has 6 heteroatoms. The van der Waals surface area contributed by atoms with E-state index < -0.39 is 5.72 Å². The Morgan fingerprint density at radius 2 is 2.07 bits per heavy atom.